The van der Waals surface area contributed by atoms with Crippen LogP contribution in [0, 0.1) is 6.92 Å². The van der Waals surface area contributed by atoms with Crippen LogP contribution in [-0.4, -0.2) is 39.6 Å². The van der Waals surface area contributed by atoms with Crippen LogP contribution in [0.2, 0.25) is 0 Å². The van der Waals surface area contributed by atoms with Gasteiger partial charge < -0.3 is 10.6 Å². The SMILES string of the molecule is Cc1ccn2nc(C(=O)N3CCCC(N)C3)cc2c1. The Morgan fingerprint density at radius 3 is 3.11 bits per heavy atom. The molecule has 3 rings (SSSR count). The number of aryl methyl sites for hydroxylation is 1. The van der Waals surface area contributed by atoms with Crippen molar-refractivity contribution in [3.8, 4) is 0 Å². The van der Waals surface area contributed by atoms with E-state index in [-0.39, 0.29) is 11.9 Å². The summed E-state index contributed by atoms with van der Waals surface area (Å²) in [7, 11) is 0. The van der Waals surface area contributed by atoms with Gasteiger partial charge in [-0.2, -0.15) is 5.10 Å². The van der Waals surface area contributed by atoms with Crippen molar-refractivity contribution >= 4 is 11.4 Å². The average molecular weight is 258 g/mol. The highest BCUT2D eigenvalue weighted by atomic mass is 16.2. The molecule has 19 heavy (non-hydrogen) atoms. The maximum atomic E-state index is 12.4. The molecule has 0 spiro atoms. The van der Waals surface area contributed by atoms with Gasteiger partial charge in [-0.25, -0.2) is 4.52 Å². The first kappa shape index (κ1) is 12.2. The lowest BCUT2D eigenvalue weighted by molar-refractivity contribution is 0.0702. The number of rotatable bonds is 1. The lowest BCUT2D eigenvalue weighted by atomic mass is 10.1. The zero-order chi connectivity index (χ0) is 13.4. The van der Waals surface area contributed by atoms with E-state index in [0.717, 1.165) is 30.5 Å². The Labute approximate surface area is 112 Å². The van der Waals surface area contributed by atoms with Gasteiger partial charge in [0.05, 0.1) is 5.52 Å². The predicted molar refractivity (Wildman–Crippen MR) is 73.0 cm³/mol. The smallest absolute Gasteiger partial charge is 0.274 e. The van der Waals surface area contributed by atoms with Crippen molar-refractivity contribution in [2.75, 3.05) is 13.1 Å². The number of aromatic nitrogens is 2. The van der Waals surface area contributed by atoms with Crippen LogP contribution < -0.4 is 5.73 Å². The van der Waals surface area contributed by atoms with Crippen LogP contribution in [0.1, 0.15) is 28.9 Å². The second-order valence-electron chi connectivity index (χ2n) is 5.26. The second kappa shape index (κ2) is 4.66. The van der Waals surface area contributed by atoms with E-state index in [0.29, 0.717) is 12.2 Å². The fraction of sp³-hybridized carbons (Fsp3) is 0.429. The Balaban J connectivity index is 1.88. The molecule has 1 aliphatic rings. The lowest BCUT2D eigenvalue weighted by Gasteiger charge is -2.30. The highest BCUT2D eigenvalue weighted by molar-refractivity contribution is 5.93. The molecule has 1 fully saturated rings. The van der Waals surface area contributed by atoms with Crippen molar-refractivity contribution in [3.63, 3.8) is 0 Å². The zero-order valence-corrected chi connectivity index (χ0v) is 11.0. The molecule has 5 heteroatoms. The molecule has 2 aromatic rings. The van der Waals surface area contributed by atoms with Gasteiger partial charge in [-0.05, 0) is 43.5 Å². The van der Waals surface area contributed by atoms with Gasteiger partial charge in [-0.1, -0.05) is 0 Å². The minimum atomic E-state index is -0.0171. The fourth-order valence-electron chi connectivity index (χ4n) is 2.57. The topological polar surface area (TPSA) is 63.6 Å². The van der Waals surface area contributed by atoms with Gasteiger partial charge in [0.15, 0.2) is 5.69 Å². The fourth-order valence-corrected chi connectivity index (χ4v) is 2.57. The van der Waals surface area contributed by atoms with Crippen molar-refractivity contribution in [3.05, 3.63) is 35.7 Å². The molecule has 0 aromatic carbocycles. The Morgan fingerprint density at radius 2 is 2.32 bits per heavy atom. The normalized spacial score (nSPS) is 19.9. The summed E-state index contributed by atoms with van der Waals surface area (Å²) < 4.78 is 1.74. The quantitative estimate of drug-likeness (QED) is 0.836. The van der Waals surface area contributed by atoms with Crippen LogP contribution in [-0.2, 0) is 0 Å². The summed E-state index contributed by atoms with van der Waals surface area (Å²) in [4.78, 5) is 14.2. The van der Waals surface area contributed by atoms with Crippen LogP contribution in [0.4, 0.5) is 0 Å². The lowest BCUT2D eigenvalue weighted by Crippen LogP contribution is -2.45. The van der Waals surface area contributed by atoms with Gasteiger partial charge in [0.1, 0.15) is 0 Å². The summed E-state index contributed by atoms with van der Waals surface area (Å²) in [6.45, 7) is 3.43. The molecule has 1 atom stereocenters. The van der Waals surface area contributed by atoms with Gasteiger partial charge in [0, 0.05) is 25.3 Å². The largest absolute Gasteiger partial charge is 0.336 e. The first-order chi connectivity index (χ1) is 9.13. The Morgan fingerprint density at radius 1 is 1.47 bits per heavy atom. The zero-order valence-electron chi connectivity index (χ0n) is 11.0. The molecule has 3 heterocycles. The van der Waals surface area contributed by atoms with Gasteiger partial charge in [-0.15, -0.1) is 0 Å². The average Bonchev–Trinajstić information content (AvgIpc) is 2.80. The Hall–Kier alpha value is -1.88. The molecule has 5 nitrogen and oxygen atoms in total. The molecule has 0 saturated carbocycles. The van der Waals surface area contributed by atoms with Crippen molar-refractivity contribution in [2.45, 2.75) is 25.8 Å². The minimum Gasteiger partial charge on any atom is -0.336 e. The van der Waals surface area contributed by atoms with Crippen LogP contribution in [0.15, 0.2) is 24.4 Å². The Bertz CT molecular complexity index is 619. The molecule has 1 unspecified atom stereocenters. The summed E-state index contributed by atoms with van der Waals surface area (Å²) in [5.41, 5.74) is 8.52. The van der Waals surface area contributed by atoms with Crippen molar-refractivity contribution < 1.29 is 4.79 Å². The molecule has 2 N–H and O–H groups in total. The molecule has 1 aliphatic heterocycles. The van der Waals surface area contributed by atoms with Crippen molar-refractivity contribution in [2.24, 2.45) is 5.73 Å². The van der Waals surface area contributed by atoms with E-state index in [9.17, 15) is 4.79 Å². The Kier molecular flexibility index (Phi) is 2.98. The molecule has 0 radical (unpaired) electrons. The first-order valence-corrected chi connectivity index (χ1v) is 6.64. The summed E-state index contributed by atoms with van der Waals surface area (Å²) in [5, 5.41) is 4.34. The molecule has 0 bridgehead atoms. The van der Waals surface area contributed by atoms with Gasteiger partial charge in [0.25, 0.3) is 5.91 Å². The number of carbonyl (C=O) groups excluding carboxylic acids is 1. The number of pyridine rings is 1. The van der Waals surface area contributed by atoms with Gasteiger partial charge >= 0.3 is 0 Å². The minimum absolute atomic E-state index is 0.0171. The van der Waals surface area contributed by atoms with Crippen LogP contribution in [0.5, 0.6) is 0 Å². The standard InChI is InChI=1S/C14H18N4O/c1-10-4-6-18-12(7-10)8-13(16-18)14(19)17-5-2-3-11(15)9-17/h4,6-8,11H,2-3,5,9,15H2,1H3. The number of hydrogen-bond acceptors (Lipinski definition) is 3. The molecular weight excluding hydrogens is 240 g/mol. The van der Waals surface area contributed by atoms with E-state index in [1.165, 1.54) is 0 Å². The van der Waals surface area contributed by atoms with Gasteiger partial charge in [-0.3, -0.25) is 4.79 Å². The van der Waals surface area contributed by atoms with E-state index < -0.39 is 0 Å². The first-order valence-electron chi connectivity index (χ1n) is 6.64. The third-order valence-electron chi connectivity index (χ3n) is 3.58. The van der Waals surface area contributed by atoms with Crippen LogP contribution >= 0.6 is 0 Å². The molecule has 1 amide bonds. The second-order valence-corrected chi connectivity index (χ2v) is 5.26. The molecule has 0 aliphatic carbocycles. The van der Waals surface area contributed by atoms with E-state index >= 15 is 0 Å². The number of hydrogen-bond donors (Lipinski definition) is 1. The monoisotopic (exact) mass is 258 g/mol. The molecule has 100 valence electrons. The molecule has 1 saturated heterocycles. The summed E-state index contributed by atoms with van der Waals surface area (Å²) >= 11 is 0. The van der Waals surface area contributed by atoms with E-state index in [2.05, 4.69) is 5.10 Å². The predicted octanol–water partition coefficient (Wildman–Crippen LogP) is 1.21. The number of piperidine rings is 1. The van der Waals surface area contributed by atoms with Crippen molar-refractivity contribution in [1.29, 1.82) is 0 Å². The van der Waals surface area contributed by atoms with Crippen LogP contribution in [0.25, 0.3) is 5.52 Å². The highest BCUT2D eigenvalue weighted by Crippen LogP contribution is 2.14. The molecular formula is C14H18N4O. The summed E-state index contributed by atoms with van der Waals surface area (Å²) in [6.07, 6.45) is 3.84. The van der Waals surface area contributed by atoms with Gasteiger partial charge in [0.2, 0.25) is 0 Å². The summed E-state index contributed by atoms with van der Waals surface area (Å²) in [6, 6.07) is 5.93. The number of nitrogens with two attached hydrogens (primary N) is 1. The summed E-state index contributed by atoms with van der Waals surface area (Å²) in [5.74, 6) is -0.0171. The van der Waals surface area contributed by atoms with Crippen LogP contribution in [0.3, 0.4) is 0 Å². The maximum absolute atomic E-state index is 12.4. The maximum Gasteiger partial charge on any atom is 0.274 e. The number of nitrogens with zero attached hydrogens (tertiary/aromatic N) is 3. The van der Waals surface area contributed by atoms with E-state index in [1.54, 1.807) is 4.52 Å². The van der Waals surface area contributed by atoms with Crippen molar-refractivity contribution in [1.82, 2.24) is 14.5 Å². The number of likely N-dealkylation sites (tertiary alicyclic amines) is 1. The number of amides is 1. The third-order valence-corrected chi connectivity index (χ3v) is 3.58. The van der Waals surface area contributed by atoms with E-state index in [1.807, 2.05) is 36.2 Å². The van der Waals surface area contributed by atoms with E-state index in [4.69, 9.17) is 5.73 Å². The third kappa shape index (κ3) is 2.33. The molecule has 2 aromatic heterocycles. The highest BCUT2D eigenvalue weighted by Gasteiger charge is 2.24. The number of fused-ring (bicyclic) bond motifs is 1. The number of carbonyl (C=O) groups is 1.